The Balaban J connectivity index is 4.46. The third kappa shape index (κ3) is 4.22. The van der Waals surface area contributed by atoms with Gasteiger partial charge in [0, 0.05) is 17.2 Å². The van der Waals surface area contributed by atoms with Crippen molar-refractivity contribution in [1.29, 1.82) is 0 Å². The van der Waals surface area contributed by atoms with Crippen LogP contribution in [0.25, 0.3) is 10.4 Å². The van der Waals surface area contributed by atoms with E-state index in [1.165, 1.54) is 6.92 Å². The highest BCUT2D eigenvalue weighted by atomic mass is 32.2. The zero-order chi connectivity index (χ0) is 11.2. The second kappa shape index (κ2) is 5.58. The summed E-state index contributed by atoms with van der Waals surface area (Å²) in [5, 5.41) is 11.9. The number of carboxylic acids is 1. The molecule has 0 heterocycles. The van der Waals surface area contributed by atoms with Crippen molar-refractivity contribution < 1.29 is 18.7 Å². The van der Waals surface area contributed by atoms with E-state index < -0.39 is 28.2 Å². The number of carboxylic acid groups (broad SMARTS) is 1. The summed E-state index contributed by atoms with van der Waals surface area (Å²) in [7, 11) is 0. The molecule has 0 saturated heterocycles. The predicted molar refractivity (Wildman–Crippen MR) is 48.2 cm³/mol. The van der Waals surface area contributed by atoms with Crippen LogP contribution in [0.15, 0.2) is 5.11 Å². The largest absolute Gasteiger partial charge is 0.772 e. The first-order valence-electron chi connectivity index (χ1n) is 3.72. The molecule has 0 bridgehead atoms. The van der Waals surface area contributed by atoms with Crippen molar-refractivity contribution in [2.45, 2.75) is 13.3 Å². The summed E-state index contributed by atoms with van der Waals surface area (Å²) in [5.74, 6) is -1.70. The van der Waals surface area contributed by atoms with E-state index in [0.29, 0.717) is 0 Å². The van der Waals surface area contributed by atoms with Gasteiger partial charge in [-0.25, -0.2) is 0 Å². The molecule has 0 aromatic rings. The molecule has 1 N–H and O–H groups in total. The Bertz CT molecular complexity index is 289. The molecular formula is C6H10N3O4S-. The van der Waals surface area contributed by atoms with Gasteiger partial charge in [-0.05, 0) is 18.9 Å². The molecule has 0 saturated carbocycles. The van der Waals surface area contributed by atoms with Gasteiger partial charge in [0.15, 0.2) is 0 Å². The summed E-state index contributed by atoms with van der Waals surface area (Å²) in [6, 6.07) is 0. The second-order valence-electron chi connectivity index (χ2n) is 3.02. The van der Waals surface area contributed by atoms with Crippen LogP contribution in [0.5, 0.6) is 0 Å². The van der Waals surface area contributed by atoms with Crippen molar-refractivity contribution in [3.05, 3.63) is 10.4 Å². The molecule has 1 unspecified atom stereocenters. The highest BCUT2D eigenvalue weighted by molar-refractivity contribution is 7.79. The van der Waals surface area contributed by atoms with Crippen LogP contribution in [0.3, 0.4) is 0 Å². The molecule has 0 aromatic carbocycles. The number of rotatable bonds is 6. The minimum atomic E-state index is -2.43. The average molecular weight is 220 g/mol. The van der Waals surface area contributed by atoms with Crippen LogP contribution >= 0.6 is 0 Å². The number of carbonyl (C=O) groups is 1. The van der Waals surface area contributed by atoms with Crippen LogP contribution < -0.4 is 0 Å². The fourth-order valence-corrected chi connectivity index (χ4v) is 1.63. The molecule has 80 valence electrons. The van der Waals surface area contributed by atoms with E-state index in [9.17, 15) is 13.6 Å². The number of aliphatic carboxylic acids is 1. The Morgan fingerprint density at radius 1 is 1.79 bits per heavy atom. The van der Waals surface area contributed by atoms with E-state index in [4.69, 9.17) is 10.6 Å². The fraction of sp³-hybridized carbons (Fsp3) is 0.833. The van der Waals surface area contributed by atoms with Gasteiger partial charge >= 0.3 is 5.97 Å². The Kier molecular flexibility index (Phi) is 5.14. The lowest BCUT2D eigenvalue weighted by Crippen LogP contribution is -2.34. The summed E-state index contributed by atoms with van der Waals surface area (Å²) >= 11 is -2.43. The first kappa shape index (κ1) is 12.9. The SMILES string of the molecule is C[C@](CCN=[N+]=[N-])(CS(=O)[O-])C(=O)O. The molecule has 0 aromatic heterocycles. The third-order valence-corrected chi connectivity index (χ3v) is 2.65. The quantitative estimate of drug-likeness (QED) is 0.305. The van der Waals surface area contributed by atoms with E-state index in [0.717, 1.165) is 0 Å². The first-order valence-corrected chi connectivity index (χ1v) is 4.97. The number of hydrogen-bond donors (Lipinski definition) is 1. The molecule has 0 aliphatic heterocycles. The van der Waals surface area contributed by atoms with Crippen molar-refractivity contribution in [3.8, 4) is 0 Å². The van der Waals surface area contributed by atoms with E-state index in [1.807, 2.05) is 0 Å². The molecule has 0 amide bonds. The topological polar surface area (TPSA) is 126 Å². The fourth-order valence-electron chi connectivity index (χ4n) is 0.842. The minimum absolute atomic E-state index is 0.000370. The number of hydrogen-bond acceptors (Lipinski definition) is 4. The van der Waals surface area contributed by atoms with Gasteiger partial charge in [-0.15, -0.1) is 0 Å². The van der Waals surface area contributed by atoms with E-state index in [1.54, 1.807) is 0 Å². The predicted octanol–water partition coefficient (Wildman–Crippen LogP) is 0.657. The van der Waals surface area contributed by atoms with Gasteiger partial charge in [0.1, 0.15) is 0 Å². The van der Waals surface area contributed by atoms with Gasteiger partial charge in [-0.3, -0.25) is 9.00 Å². The molecule has 0 fully saturated rings. The standard InChI is InChI=1S/C6H11N3O4S/c1-6(5(10)11,4-14(12)13)2-3-8-9-7/h2-4H2,1H3,(H,10,11)(H,12,13)/p-1/t6-/m0/s1. The average Bonchev–Trinajstić information content (AvgIpc) is 2.03. The lowest BCUT2D eigenvalue weighted by Gasteiger charge is -2.24. The zero-order valence-corrected chi connectivity index (χ0v) is 8.36. The Labute approximate surface area is 83.0 Å². The van der Waals surface area contributed by atoms with Crippen molar-refractivity contribution in [2.24, 2.45) is 10.5 Å². The van der Waals surface area contributed by atoms with Crippen molar-refractivity contribution in [3.63, 3.8) is 0 Å². The van der Waals surface area contributed by atoms with Gasteiger partial charge in [0.25, 0.3) is 0 Å². The summed E-state index contributed by atoms with van der Waals surface area (Å²) in [6.07, 6.45) is 0.000370. The molecule has 7 nitrogen and oxygen atoms in total. The molecule has 0 rings (SSSR count). The summed E-state index contributed by atoms with van der Waals surface area (Å²) < 4.78 is 20.8. The van der Waals surface area contributed by atoms with E-state index in [2.05, 4.69) is 10.0 Å². The van der Waals surface area contributed by atoms with Gasteiger partial charge in [-0.2, -0.15) is 0 Å². The number of nitrogens with zero attached hydrogens (tertiary/aromatic N) is 3. The molecule has 0 spiro atoms. The molecule has 14 heavy (non-hydrogen) atoms. The Hall–Kier alpha value is -1.11. The van der Waals surface area contributed by atoms with Gasteiger partial charge < -0.3 is 9.66 Å². The molecule has 0 aliphatic rings. The molecule has 0 aliphatic carbocycles. The lowest BCUT2D eigenvalue weighted by molar-refractivity contribution is -0.146. The normalized spacial score (nSPS) is 16.4. The molecular weight excluding hydrogens is 210 g/mol. The molecule has 2 atom stereocenters. The van der Waals surface area contributed by atoms with Gasteiger partial charge in [0.05, 0.1) is 5.41 Å². The van der Waals surface area contributed by atoms with Crippen LogP contribution in [0.1, 0.15) is 13.3 Å². The Morgan fingerprint density at radius 2 is 2.36 bits per heavy atom. The van der Waals surface area contributed by atoms with E-state index in [-0.39, 0.29) is 13.0 Å². The van der Waals surface area contributed by atoms with E-state index >= 15 is 0 Å². The maximum Gasteiger partial charge on any atom is 0.310 e. The van der Waals surface area contributed by atoms with Crippen LogP contribution in [0.4, 0.5) is 0 Å². The summed E-state index contributed by atoms with van der Waals surface area (Å²) in [5.41, 5.74) is 6.58. The first-order chi connectivity index (χ1) is 6.42. The van der Waals surface area contributed by atoms with Crippen molar-refractivity contribution >= 4 is 17.0 Å². The van der Waals surface area contributed by atoms with Crippen LogP contribution in [-0.4, -0.2) is 32.1 Å². The van der Waals surface area contributed by atoms with Crippen LogP contribution in [0.2, 0.25) is 0 Å². The van der Waals surface area contributed by atoms with Gasteiger partial charge in [-0.1, -0.05) is 16.2 Å². The number of azide groups is 1. The summed E-state index contributed by atoms with van der Waals surface area (Å²) in [6.45, 7) is 1.27. The third-order valence-electron chi connectivity index (χ3n) is 1.78. The van der Waals surface area contributed by atoms with Crippen LogP contribution in [-0.2, 0) is 15.9 Å². The van der Waals surface area contributed by atoms with Crippen molar-refractivity contribution in [2.75, 3.05) is 12.3 Å². The smallest absolute Gasteiger partial charge is 0.310 e. The van der Waals surface area contributed by atoms with Crippen LogP contribution in [0, 0.1) is 5.41 Å². The van der Waals surface area contributed by atoms with Gasteiger partial charge in [0.2, 0.25) is 0 Å². The highest BCUT2D eigenvalue weighted by Gasteiger charge is 2.32. The minimum Gasteiger partial charge on any atom is -0.772 e. The van der Waals surface area contributed by atoms with Crippen molar-refractivity contribution in [1.82, 2.24) is 0 Å². The highest BCUT2D eigenvalue weighted by Crippen LogP contribution is 2.22. The zero-order valence-electron chi connectivity index (χ0n) is 7.54. The molecule has 8 heteroatoms. The monoisotopic (exact) mass is 220 g/mol. The lowest BCUT2D eigenvalue weighted by atomic mass is 9.89. The summed E-state index contributed by atoms with van der Waals surface area (Å²) in [4.78, 5) is 13.2. The molecule has 0 radical (unpaired) electrons. The maximum absolute atomic E-state index is 10.7. The Morgan fingerprint density at radius 3 is 2.71 bits per heavy atom. The maximum atomic E-state index is 10.7. The second-order valence-corrected chi connectivity index (χ2v) is 3.91.